The molecule has 1 heterocycles. The van der Waals surface area contributed by atoms with Crippen LogP contribution < -0.4 is 5.73 Å². The Morgan fingerprint density at radius 2 is 2.16 bits per heavy atom. The van der Waals surface area contributed by atoms with Crippen LogP contribution in [0.3, 0.4) is 0 Å². The Kier molecular flexibility index (Phi) is 2.77. The third-order valence-corrected chi connectivity index (χ3v) is 4.23. The quantitative estimate of drug-likeness (QED) is 0.854. The van der Waals surface area contributed by atoms with Gasteiger partial charge in [-0.25, -0.2) is 4.68 Å². The molecule has 0 radical (unpaired) electrons. The Morgan fingerprint density at radius 1 is 1.37 bits per heavy atom. The molecule has 0 bridgehead atoms. The van der Waals surface area contributed by atoms with Crippen molar-refractivity contribution >= 4 is 5.69 Å². The fraction of sp³-hybridized carbons (Fsp3) is 0.500. The van der Waals surface area contributed by atoms with Crippen LogP contribution in [0.15, 0.2) is 18.2 Å². The molecule has 1 aromatic heterocycles. The molecule has 0 aliphatic heterocycles. The van der Waals surface area contributed by atoms with E-state index in [0.717, 1.165) is 29.2 Å². The minimum atomic E-state index is 0.415. The van der Waals surface area contributed by atoms with E-state index in [1.807, 2.05) is 22.9 Å². The van der Waals surface area contributed by atoms with Crippen LogP contribution >= 0.6 is 0 Å². The molecule has 0 spiro atoms. The predicted octanol–water partition coefficient (Wildman–Crippen LogP) is 2.42. The standard InChI is InChI=1S/C14H19N5/c1-3-14(6-7-14)9-19-13(16-17-18-19)12-8-11(15)5-4-10(12)2/h4-5,8H,3,6-7,9,15H2,1-2H3. The Morgan fingerprint density at radius 3 is 2.84 bits per heavy atom. The molecule has 19 heavy (non-hydrogen) atoms. The Bertz CT molecular complexity index is 598. The second-order valence-corrected chi connectivity index (χ2v) is 5.59. The van der Waals surface area contributed by atoms with Gasteiger partial charge in [0.15, 0.2) is 5.82 Å². The molecule has 0 amide bonds. The largest absolute Gasteiger partial charge is 0.399 e. The Labute approximate surface area is 112 Å². The zero-order valence-corrected chi connectivity index (χ0v) is 11.4. The number of nitrogen functional groups attached to an aromatic ring is 1. The first-order chi connectivity index (χ1) is 9.13. The number of hydrogen-bond donors (Lipinski definition) is 1. The summed E-state index contributed by atoms with van der Waals surface area (Å²) >= 11 is 0. The van der Waals surface area contributed by atoms with E-state index in [-0.39, 0.29) is 0 Å². The molecule has 2 aromatic rings. The van der Waals surface area contributed by atoms with Crippen LogP contribution in [0.1, 0.15) is 31.7 Å². The molecule has 1 aliphatic rings. The van der Waals surface area contributed by atoms with Gasteiger partial charge in [0, 0.05) is 11.3 Å². The van der Waals surface area contributed by atoms with E-state index in [0.29, 0.717) is 5.41 Å². The normalized spacial score (nSPS) is 16.5. The molecule has 100 valence electrons. The third-order valence-electron chi connectivity index (χ3n) is 4.23. The van der Waals surface area contributed by atoms with Gasteiger partial charge in [-0.15, -0.1) is 5.10 Å². The lowest BCUT2D eigenvalue weighted by atomic mass is 10.0. The number of aromatic nitrogens is 4. The minimum absolute atomic E-state index is 0.415. The van der Waals surface area contributed by atoms with E-state index >= 15 is 0 Å². The van der Waals surface area contributed by atoms with Crippen LogP contribution in [0.2, 0.25) is 0 Å². The van der Waals surface area contributed by atoms with Crippen molar-refractivity contribution in [2.24, 2.45) is 5.41 Å². The van der Waals surface area contributed by atoms with Gasteiger partial charge in [0.1, 0.15) is 0 Å². The monoisotopic (exact) mass is 257 g/mol. The number of hydrogen-bond acceptors (Lipinski definition) is 4. The topological polar surface area (TPSA) is 69.6 Å². The predicted molar refractivity (Wildman–Crippen MR) is 74.4 cm³/mol. The molecular formula is C14H19N5. The second kappa shape index (κ2) is 4.33. The van der Waals surface area contributed by atoms with Gasteiger partial charge < -0.3 is 5.73 Å². The number of benzene rings is 1. The highest BCUT2D eigenvalue weighted by atomic mass is 15.5. The summed E-state index contributed by atoms with van der Waals surface area (Å²) in [5, 5.41) is 12.2. The summed E-state index contributed by atoms with van der Waals surface area (Å²) in [7, 11) is 0. The third kappa shape index (κ3) is 2.20. The summed E-state index contributed by atoms with van der Waals surface area (Å²) in [6, 6.07) is 5.86. The average Bonchev–Trinajstić information content (AvgIpc) is 3.03. The molecule has 5 nitrogen and oxygen atoms in total. The lowest BCUT2D eigenvalue weighted by Crippen LogP contribution is -2.13. The van der Waals surface area contributed by atoms with E-state index in [2.05, 4.69) is 29.4 Å². The maximum atomic E-state index is 5.87. The molecule has 2 N–H and O–H groups in total. The van der Waals surface area contributed by atoms with Crippen LogP contribution in [0.25, 0.3) is 11.4 Å². The van der Waals surface area contributed by atoms with Crippen molar-refractivity contribution < 1.29 is 0 Å². The van der Waals surface area contributed by atoms with Crippen LogP contribution in [0, 0.1) is 12.3 Å². The number of nitrogens with zero attached hydrogens (tertiary/aromatic N) is 4. The van der Waals surface area contributed by atoms with E-state index in [9.17, 15) is 0 Å². The summed E-state index contributed by atoms with van der Waals surface area (Å²) < 4.78 is 1.93. The fourth-order valence-corrected chi connectivity index (χ4v) is 2.50. The molecule has 0 saturated heterocycles. The lowest BCUT2D eigenvalue weighted by Gasteiger charge is -2.14. The van der Waals surface area contributed by atoms with Gasteiger partial charge in [-0.3, -0.25) is 0 Å². The number of rotatable bonds is 4. The van der Waals surface area contributed by atoms with E-state index in [1.54, 1.807) is 0 Å². The maximum absolute atomic E-state index is 5.87. The SMILES string of the molecule is CCC1(Cn2nnnc2-c2cc(N)ccc2C)CC1. The number of anilines is 1. The van der Waals surface area contributed by atoms with Crippen molar-refractivity contribution in [3.8, 4) is 11.4 Å². The van der Waals surface area contributed by atoms with Crippen molar-refractivity contribution in [2.45, 2.75) is 39.7 Å². The lowest BCUT2D eigenvalue weighted by molar-refractivity contribution is 0.382. The van der Waals surface area contributed by atoms with Gasteiger partial charge in [0.25, 0.3) is 0 Å². The van der Waals surface area contributed by atoms with Gasteiger partial charge in [-0.05, 0) is 59.7 Å². The van der Waals surface area contributed by atoms with E-state index in [1.165, 1.54) is 19.3 Å². The maximum Gasteiger partial charge on any atom is 0.182 e. The summed E-state index contributed by atoms with van der Waals surface area (Å²) in [5.41, 5.74) is 9.20. The van der Waals surface area contributed by atoms with Gasteiger partial charge in [-0.1, -0.05) is 13.0 Å². The summed E-state index contributed by atoms with van der Waals surface area (Å²) in [5.74, 6) is 0.824. The molecule has 1 saturated carbocycles. The van der Waals surface area contributed by atoms with E-state index in [4.69, 9.17) is 5.73 Å². The number of aryl methyl sites for hydroxylation is 1. The molecule has 0 unspecified atom stereocenters. The van der Waals surface area contributed by atoms with Crippen molar-refractivity contribution in [1.29, 1.82) is 0 Å². The highest BCUT2D eigenvalue weighted by molar-refractivity contribution is 5.65. The zero-order chi connectivity index (χ0) is 13.5. The van der Waals surface area contributed by atoms with Crippen LogP contribution in [-0.4, -0.2) is 20.2 Å². The minimum Gasteiger partial charge on any atom is -0.399 e. The Hall–Kier alpha value is -1.91. The first-order valence-corrected chi connectivity index (χ1v) is 6.76. The van der Waals surface area contributed by atoms with Crippen molar-refractivity contribution in [3.05, 3.63) is 23.8 Å². The highest BCUT2D eigenvalue weighted by Gasteiger charge is 2.41. The number of tetrazole rings is 1. The highest BCUT2D eigenvalue weighted by Crippen LogP contribution is 2.50. The Balaban J connectivity index is 1.97. The zero-order valence-electron chi connectivity index (χ0n) is 11.4. The second-order valence-electron chi connectivity index (χ2n) is 5.59. The summed E-state index contributed by atoms with van der Waals surface area (Å²) in [6.07, 6.45) is 3.74. The van der Waals surface area contributed by atoms with Gasteiger partial charge in [-0.2, -0.15) is 0 Å². The molecular weight excluding hydrogens is 238 g/mol. The van der Waals surface area contributed by atoms with Crippen molar-refractivity contribution in [2.75, 3.05) is 5.73 Å². The fourth-order valence-electron chi connectivity index (χ4n) is 2.50. The van der Waals surface area contributed by atoms with E-state index < -0.39 is 0 Å². The molecule has 5 heteroatoms. The van der Waals surface area contributed by atoms with Gasteiger partial charge in [0.2, 0.25) is 0 Å². The van der Waals surface area contributed by atoms with Crippen LogP contribution in [0.5, 0.6) is 0 Å². The smallest absolute Gasteiger partial charge is 0.182 e. The first kappa shape index (κ1) is 12.1. The molecule has 1 aromatic carbocycles. The molecule has 0 atom stereocenters. The van der Waals surface area contributed by atoms with Crippen LogP contribution in [-0.2, 0) is 6.54 Å². The van der Waals surface area contributed by atoms with Gasteiger partial charge in [0.05, 0.1) is 6.54 Å². The van der Waals surface area contributed by atoms with Crippen molar-refractivity contribution in [3.63, 3.8) is 0 Å². The molecule has 1 aliphatic carbocycles. The average molecular weight is 257 g/mol. The van der Waals surface area contributed by atoms with Gasteiger partial charge >= 0.3 is 0 Å². The summed E-state index contributed by atoms with van der Waals surface area (Å²) in [6.45, 7) is 5.20. The molecule has 1 fully saturated rings. The number of nitrogens with two attached hydrogens (primary N) is 1. The molecule has 3 rings (SSSR count). The van der Waals surface area contributed by atoms with Crippen molar-refractivity contribution in [1.82, 2.24) is 20.2 Å². The first-order valence-electron chi connectivity index (χ1n) is 6.76. The van der Waals surface area contributed by atoms with Crippen LogP contribution in [0.4, 0.5) is 5.69 Å². The summed E-state index contributed by atoms with van der Waals surface area (Å²) in [4.78, 5) is 0.